The Morgan fingerprint density at radius 1 is 1.19 bits per heavy atom. The first kappa shape index (κ1) is 11.0. The van der Waals surface area contributed by atoms with Crippen LogP contribution in [-0.2, 0) is 0 Å². The summed E-state index contributed by atoms with van der Waals surface area (Å²) in [6.45, 7) is 8.28. The van der Waals surface area contributed by atoms with Gasteiger partial charge in [0.15, 0.2) is 0 Å². The Balaban J connectivity index is 2.06. The van der Waals surface area contributed by atoms with E-state index < -0.39 is 0 Å². The number of allylic oxidation sites excluding steroid dienone is 2. The van der Waals surface area contributed by atoms with Crippen molar-refractivity contribution in [3.63, 3.8) is 0 Å². The zero-order valence-corrected chi connectivity index (χ0v) is 9.95. The van der Waals surface area contributed by atoms with Crippen molar-refractivity contribution in [1.82, 2.24) is 0 Å². The maximum atomic E-state index is 3.86. The van der Waals surface area contributed by atoms with Gasteiger partial charge in [-0.05, 0) is 37.5 Å². The van der Waals surface area contributed by atoms with Crippen LogP contribution in [0.1, 0.15) is 25.3 Å². The molecule has 1 aromatic rings. The topological polar surface area (TPSA) is 3.24 Å². The summed E-state index contributed by atoms with van der Waals surface area (Å²) in [7, 11) is 0. The molecule has 0 spiro atoms. The largest absolute Gasteiger partial charge is 0.372 e. The van der Waals surface area contributed by atoms with E-state index in [1.807, 2.05) is 13.0 Å². The maximum Gasteiger partial charge on any atom is 0.0366 e. The third-order valence-corrected chi connectivity index (χ3v) is 2.92. The Labute approximate surface area is 98.1 Å². The van der Waals surface area contributed by atoms with Gasteiger partial charge in [0.2, 0.25) is 0 Å². The van der Waals surface area contributed by atoms with Gasteiger partial charge in [-0.25, -0.2) is 0 Å². The fraction of sp³-hybridized carbons (Fsp3) is 0.333. The molecule has 0 amide bonds. The molecule has 0 N–H and O–H groups in total. The molecule has 0 aromatic heterocycles. The lowest BCUT2D eigenvalue weighted by atomic mass is 10.1. The minimum absolute atomic E-state index is 1.09. The number of nitrogens with zero attached hydrogens (tertiary/aromatic N) is 1. The molecule has 0 unspecified atom stereocenters. The Morgan fingerprint density at radius 2 is 1.81 bits per heavy atom. The van der Waals surface area contributed by atoms with E-state index in [1.165, 1.54) is 37.2 Å². The standard InChI is InChI=1S/C15H19N/c1-13(2)5-6-14-7-9-15(10-8-14)16-11-3-4-12-16/h5-10H,1,3-4,11-12H2,2H3/b6-5+. The van der Waals surface area contributed by atoms with Gasteiger partial charge in [-0.1, -0.05) is 36.4 Å². The van der Waals surface area contributed by atoms with Crippen LogP contribution in [0.4, 0.5) is 5.69 Å². The molecule has 1 heteroatoms. The molecule has 16 heavy (non-hydrogen) atoms. The number of benzene rings is 1. The summed E-state index contributed by atoms with van der Waals surface area (Å²) in [6.07, 6.45) is 6.82. The van der Waals surface area contributed by atoms with Crippen molar-refractivity contribution < 1.29 is 0 Å². The van der Waals surface area contributed by atoms with E-state index in [2.05, 4.69) is 41.8 Å². The monoisotopic (exact) mass is 213 g/mol. The second-order valence-electron chi connectivity index (χ2n) is 4.47. The van der Waals surface area contributed by atoms with Gasteiger partial charge in [-0.2, -0.15) is 0 Å². The summed E-state index contributed by atoms with van der Waals surface area (Å²) in [5.41, 5.74) is 3.68. The van der Waals surface area contributed by atoms with Crippen LogP contribution in [-0.4, -0.2) is 13.1 Å². The number of hydrogen-bond donors (Lipinski definition) is 0. The van der Waals surface area contributed by atoms with Gasteiger partial charge in [0.25, 0.3) is 0 Å². The molecule has 1 heterocycles. The van der Waals surface area contributed by atoms with Gasteiger partial charge in [0, 0.05) is 18.8 Å². The highest BCUT2D eigenvalue weighted by molar-refractivity contribution is 5.57. The Morgan fingerprint density at radius 3 is 2.38 bits per heavy atom. The lowest BCUT2D eigenvalue weighted by Gasteiger charge is -2.17. The SMILES string of the molecule is C=C(C)/C=C/c1ccc(N2CCCC2)cc1. The average Bonchev–Trinajstić information content (AvgIpc) is 2.80. The second-order valence-corrected chi connectivity index (χ2v) is 4.47. The smallest absolute Gasteiger partial charge is 0.0366 e. The van der Waals surface area contributed by atoms with E-state index in [9.17, 15) is 0 Å². The van der Waals surface area contributed by atoms with Gasteiger partial charge in [-0.3, -0.25) is 0 Å². The predicted octanol–water partition coefficient (Wildman–Crippen LogP) is 3.88. The van der Waals surface area contributed by atoms with E-state index in [4.69, 9.17) is 0 Å². The summed E-state index contributed by atoms with van der Waals surface area (Å²) in [5.74, 6) is 0. The summed E-state index contributed by atoms with van der Waals surface area (Å²) in [4.78, 5) is 2.45. The summed E-state index contributed by atoms with van der Waals surface area (Å²) in [5, 5.41) is 0. The zero-order valence-electron chi connectivity index (χ0n) is 9.95. The molecule has 0 atom stereocenters. The van der Waals surface area contributed by atoms with E-state index in [-0.39, 0.29) is 0 Å². The van der Waals surface area contributed by atoms with Crippen LogP contribution >= 0.6 is 0 Å². The lowest BCUT2D eigenvalue weighted by molar-refractivity contribution is 0.949. The molecular weight excluding hydrogens is 194 g/mol. The van der Waals surface area contributed by atoms with Gasteiger partial charge < -0.3 is 4.90 Å². The normalized spacial score (nSPS) is 15.9. The van der Waals surface area contributed by atoms with Crippen LogP contribution in [0, 0.1) is 0 Å². The van der Waals surface area contributed by atoms with Gasteiger partial charge in [0.05, 0.1) is 0 Å². The van der Waals surface area contributed by atoms with Crippen LogP contribution in [0.25, 0.3) is 6.08 Å². The number of rotatable bonds is 3. The van der Waals surface area contributed by atoms with Crippen molar-refractivity contribution in [2.45, 2.75) is 19.8 Å². The molecule has 0 radical (unpaired) electrons. The molecule has 1 fully saturated rings. The fourth-order valence-electron chi connectivity index (χ4n) is 2.01. The van der Waals surface area contributed by atoms with Gasteiger partial charge in [-0.15, -0.1) is 0 Å². The number of hydrogen-bond acceptors (Lipinski definition) is 1. The van der Waals surface area contributed by atoms with Crippen molar-refractivity contribution in [3.8, 4) is 0 Å². The molecule has 2 rings (SSSR count). The molecule has 0 bridgehead atoms. The molecule has 1 aromatic carbocycles. The molecule has 84 valence electrons. The highest BCUT2D eigenvalue weighted by Crippen LogP contribution is 2.20. The minimum Gasteiger partial charge on any atom is -0.372 e. The fourth-order valence-corrected chi connectivity index (χ4v) is 2.01. The Bertz CT molecular complexity index is 380. The molecule has 1 saturated heterocycles. The quantitative estimate of drug-likeness (QED) is 0.689. The van der Waals surface area contributed by atoms with E-state index >= 15 is 0 Å². The van der Waals surface area contributed by atoms with E-state index in [0.717, 1.165) is 5.57 Å². The van der Waals surface area contributed by atoms with Gasteiger partial charge in [0.1, 0.15) is 0 Å². The van der Waals surface area contributed by atoms with Crippen molar-refractivity contribution >= 4 is 11.8 Å². The predicted molar refractivity (Wildman–Crippen MR) is 71.7 cm³/mol. The first-order chi connectivity index (χ1) is 7.75. The summed E-state index contributed by atoms with van der Waals surface area (Å²) >= 11 is 0. The molecule has 0 saturated carbocycles. The summed E-state index contributed by atoms with van der Waals surface area (Å²) in [6, 6.07) is 8.77. The highest BCUT2D eigenvalue weighted by atomic mass is 15.1. The molecule has 1 nitrogen and oxygen atoms in total. The zero-order chi connectivity index (χ0) is 11.4. The van der Waals surface area contributed by atoms with Crippen molar-refractivity contribution in [2.75, 3.05) is 18.0 Å². The van der Waals surface area contributed by atoms with Crippen molar-refractivity contribution in [2.24, 2.45) is 0 Å². The molecule has 1 aliphatic heterocycles. The van der Waals surface area contributed by atoms with E-state index in [0.29, 0.717) is 0 Å². The first-order valence-corrected chi connectivity index (χ1v) is 5.94. The van der Waals surface area contributed by atoms with Crippen LogP contribution < -0.4 is 4.90 Å². The van der Waals surface area contributed by atoms with Gasteiger partial charge >= 0.3 is 0 Å². The Kier molecular flexibility index (Phi) is 3.45. The van der Waals surface area contributed by atoms with Crippen LogP contribution in [0.5, 0.6) is 0 Å². The minimum atomic E-state index is 1.09. The third kappa shape index (κ3) is 2.75. The Hall–Kier alpha value is -1.50. The highest BCUT2D eigenvalue weighted by Gasteiger charge is 2.11. The van der Waals surface area contributed by atoms with E-state index in [1.54, 1.807) is 0 Å². The van der Waals surface area contributed by atoms with Crippen LogP contribution in [0.15, 0.2) is 42.5 Å². The lowest BCUT2D eigenvalue weighted by Crippen LogP contribution is -2.17. The second kappa shape index (κ2) is 5.02. The summed E-state index contributed by atoms with van der Waals surface area (Å²) < 4.78 is 0. The maximum absolute atomic E-state index is 3.86. The molecule has 0 aliphatic carbocycles. The van der Waals surface area contributed by atoms with Crippen LogP contribution in [0.2, 0.25) is 0 Å². The van der Waals surface area contributed by atoms with Crippen molar-refractivity contribution in [3.05, 3.63) is 48.1 Å². The molecular formula is C15H19N. The third-order valence-electron chi connectivity index (χ3n) is 2.92. The first-order valence-electron chi connectivity index (χ1n) is 5.94. The van der Waals surface area contributed by atoms with Crippen LogP contribution in [0.3, 0.4) is 0 Å². The number of anilines is 1. The van der Waals surface area contributed by atoms with Crippen molar-refractivity contribution in [1.29, 1.82) is 0 Å². The average molecular weight is 213 g/mol. The molecule has 1 aliphatic rings.